The van der Waals surface area contributed by atoms with Crippen LogP contribution in [-0.2, 0) is 4.79 Å². The van der Waals surface area contributed by atoms with Gasteiger partial charge < -0.3 is 15.3 Å². The normalized spacial score (nSPS) is 11.7. The Bertz CT molecular complexity index is 341. The molecular weight excluding hydrogens is 342 g/mol. The van der Waals surface area contributed by atoms with Crippen molar-refractivity contribution >= 4 is 5.97 Å². The highest BCUT2D eigenvalue weighted by Gasteiger charge is 2.02. The number of unbranched alkanes of at least 4 members (excludes halogenated alkanes) is 11. The molecule has 0 spiro atoms. The maximum absolute atomic E-state index is 10.4. The van der Waals surface area contributed by atoms with Crippen molar-refractivity contribution in [3.63, 3.8) is 0 Å². The Morgan fingerprint density at radius 3 is 1.56 bits per heavy atom. The first-order chi connectivity index (χ1) is 13.2. The van der Waals surface area contributed by atoms with Gasteiger partial charge in [0.1, 0.15) is 0 Å². The van der Waals surface area contributed by atoms with Gasteiger partial charge in [-0.1, -0.05) is 57.1 Å². The fraction of sp³-hybridized carbons (Fsp3) is 0.864. The second-order valence-corrected chi connectivity index (χ2v) is 7.37. The van der Waals surface area contributed by atoms with Gasteiger partial charge in [-0.05, 0) is 45.1 Å². The number of aliphatic hydroxyl groups excluding tert-OH is 2. The molecule has 5 heteroatoms. The first-order valence-electron chi connectivity index (χ1n) is 11.0. The fourth-order valence-corrected chi connectivity index (χ4v) is 3.23. The van der Waals surface area contributed by atoms with Crippen molar-refractivity contribution in [2.75, 3.05) is 32.8 Å². The summed E-state index contributed by atoms with van der Waals surface area (Å²) in [5.41, 5.74) is 0. The number of aliphatic carboxylic acids is 1. The van der Waals surface area contributed by atoms with Gasteiger partial charge in [0.25, 0.3) is 0 Å². The Balaban J connectivity index is 3.25. The lowest BCUT2D eigenvalue weighted by atomic mass is 10.1. The predicted molar refractivity (Wildman–Crippen MR) is 112 cm³/mol. The maximum Gasteiger partial charge on any atom is 0.303 e. The van der Waals surface area contributed by atoms with Crippen LogP contribution in [0.1, 0.15) is 89.9 Å². The van der Waals surface area contributed by atoms with E-state index in [9.17, 15) is 4.79 Å². The average Bonchev–Trinajstić information content (AvgIpc) is 2.64. The summed E-state index contributed by atoms with van der Waals surface area (Å²) in [4.78, 5) is 12.5. The highest BCUT2D eigenvalue weighted by Crippen LogP contribution is 2.10. The van der Waals surface area contributed by atoms with Crippen LogP contribution in [0, 0.1) is 0 Å². The molecule has 3 N–H and O–H groups in total. The predicted octanol–water partition coefficient (Wildman–Crippen LogP) is 4.38. The number of carboxylic acid groups (broad SMARTS) is 1. The van der Waals surface area contributed by atoms with E-state index in [2.05, 4.69) is 17.1 Å². The molecule has 0 fully saturated rings. The number of allylic oxidation sites excluding steroid dienone is 2. The molecule has 0 aromatic rings. The van der Waals surface area contributed by atoms with Crippen LogP contribution in [-0.4, -0.2) is 59.0 Å². The van der Waals surface area contributed by atoms with Crippen molar-refractivity contribution < 1.29 is 20.1 Å². The van der Waals surface area contributed by atoms with Crippen LogP contribution >= 0.6 is 0 Å². The Hall–Kier alpha value is -0.910. The van der Waals surface area contributed by atoms with Crippen molar-refractivity contribution in [1.29, 1.82) is 0 Å². The SMILES string of the molecule is O=C(O)CCCCCCC/C=C\CCCCCCCCN(CCO)CCO. The van der Waals surface area contributed by atoms with E-state index in [1.165, 1.54) is 51.4 Å². The van der Waals surface area contributed by atoms with Crippen LogP contribution < -0.4 is 0 Å². The molecule has 0 aromatic heterocycles. The number of nitrogens with zero attached hydrogens (tertiary/aromatic N) is 1. The number of hydrogen-bond donors (Lipinski definition) is 3. The van der Waals surface area contributed by atoms with Gasteiger partial charge >= 0.3 is 5.97 Å². The quantitative estimate of drug-likeness (QED) is 0.202. The zero-order valence-corrected chi connectivity index (χ0v) is 17.3. The highest BCUT2D eigenvalue weighted by atomic mass is 16.4. The molecule has 5 nitrogen and oxygen atoms in total. The summed E-state index contributed by atoms with van der Waals surface area (Å²) in [6, 6.07) is 0. The lowest BCUT2D eigenvalue weighted by molar-refractivity contribution is -0.137. The van der Waals surface area contributed by atoms with Gasteiger partial charge in [-0.25, -0.2) is 0 Å². The standard InChI is InChI=1S/C22H43NO4/c24-20-18-23(19-21-25)17-15-13-11-9-7-5-3-1-2-4-6-8-10-12-14-16-22(26)27/h1-2,24-25H,3-21H2,(H,26,27)/b2-1-. The molecule has 0 aromatic carbocycles. The highest BCUT2D eigenvalue weighted by molar-refractivity contribution is 5.66. The van der Waals surface area contributed by atoms with E-state index < -0.39 is 5.97 Å². The minimum Gasteiger partial charge on any atom is -0.481 e. The first-order valence-corrected chi connectivity index (χ1v) is 11.0. The molecule has 0 amide bonds. The second kappa shape index (κ2) is 21.4. The summed E-state index contributed by atoms with van der Waals surface area (Å²) in [7, 11) is 0. The summed E-state index contributed by atoms with van der Waals surface area (Å²) in [5, 5.41) is 26.5. The zero-order chi connectivity index (χ0) is 20.0. The van der Waals surface area contributed by atoms with Gasteiger partial charge in [0.15, 0.2) is 0 Å². The molecule has 0 aliphatic rings. The Labute approximate surface area is 166 Å². The summed E-state index contributed by atoms with van der Waals surface area (Å²) in [6.45, 7) is 2.64. The van der Waals surface area contributed by atoms with Crippen molar-refractivity contribution in [3.8, 4) is 0 Å². The number of aliphatic hydroxyl groups is 2. The minimum atomic E-state index is -0.680. The molecule has 0 heterocycles. The van der Waals surface area contributed by atoms with Crippen LogP contribution in [0.3, 0.4) is 0 Å². The van der Waals surface area contributed by atoms with Crippen molar-refractivity contribution in [2.45, 2.75) is 89.9 Å². The average molecular weight is 386 g/mol. The lowest BCUT2D eigenvalue weighted by Crippen LogP contribution is -2.30. The molecule has 0 aliphatic heterocycles. The zero-order valence-electron chi connectivity index (χ0n) is 17.3. The number of rotatable bonds is 21. The van der Waals surface area contributed by atoms with E-state index in [4.69, 9.17) is 15.3 Å². The van der Waals surface area contributed by atoms with Crippen LogP contribution in [0.2, 0.25) is 0 Å². The third-order valence-electron chi connectivity index (χ3n) is 4.86. The van der Waals surface area contributed by atoms with Gasteiger partial charge in [-0.15, -0.1) is 0 Å². The van der Waals surface area contributed by atoms with E-state index >= 15 is 0 Å². The molecule has 0 bridgehead atoms. The van der Waals surface area contributed by atoms with Crippen molar-refractivity contribution in [2.24, 2.45) is 0 Å². The molecule has 0 radical (unpaired) electrons. The molecular formula is C22H43NO4. The van der Waals surface area contributed by atoms with E-state index in [-0.39, 0.29) is 13.2 Å². The van der Waals surface area contributed by atoms with E-state index in [0.717, 1.165) is 38.6 Å². The smallest absolute Gasteiger partial charge is 0.303 e. The van der Waals surface area contributed by atoms with Gasteiger partial charge in [0.05, 0.1) is 13.2 Å². The van der Waals surface area contributed by atoms with Gasteiger partial charge in [0, 0.05) is 19.5 Å². The van der Waals surface area contributed by atoms with E-state index in [1.54, 1.807) is 0 Å². The van der Waals surface area contributed by atoms with Gasteiger partial charge in [0.2, 0.25) is 0 Å². The van der Waals surface area contributed by atoms with Crippen LogP contribution in [0.4, 0.5) is 0 Å². The van der Waals surface area contributed by atoms with Crippen molar-refractivity contribution in [3.05, 3.63) is 12.2 Å². The second-order valence-electron chi connectivity index (χ2n) is 7.37. The Morgan fingerprint density at radius 2 is 1.07 bits per heavy atom. The topological polar surface area (TPSA) is 81.0 Å². The van der Waals surface area contributed by atoms with Gasteiger partial charge in [-0.3, -0.25) is 9.69 Å². The maximum atomic E-state index is 10.4. The third-order valence-corrected chi connectivity index (χ3v) is 4.86. The summed E-state index contributed by atoms with van der Waals surface area (Å²) in [5.74, 6) is -0.680. The summed E-state index contributed by atoms with van der Waals surface area (Å²) >= 11 is 0. The molecule has 0 saturated carbocycles. The van der Waals surface area contributed by atoms with Crippen LogP contribution in [0.25, 0.3) is 0 Å². The monoisotopic (exact) mass is 385 g/mol. The minimum absolute atomic E-state index is 0.167. The van der Waals surface area contributed by atoms with Crippen LogP contribution in [0.5, 0.6) is 0 Å². The molecule has 160 valence electrons. The number of carbonyl (C=O) groups is 1. The summed E-state index contributed by atoms with van der Waals surface area (Å²) < 4.78 is 0. The van der Waals surface area contributed by atoms with Gasteiger partial charge in [-0.2, -0.15) is 0 Å². The summed E-state index contributed by atoms with van der Waals surface area (Å²) in [6.07, 6.45) is 20.2. The number of carboxylic acids is 1. The largest absolute Gasteiger partial charge is 0.481 e. The van der Waals surface area contributed by atoms with E-state index in [1.807, 2.05) is 0 Å². The lowest BCUT2D eigenvalue weighted by Gasteiger charge is -2.19. The molecule has 0 saturated heterocycles. The van der Waals surface area contributed by atoms with Crippen LogP contribution in [0.15, 0.2) is 12.2 Å². The molecule has 27 heavy (non-hydrogen) atoms. The molecule has 0 unspecified atom stereocenters. The van der Waals surface area contributed by atoms with Crippen molar-refractivity contribution in [1.82, 2.24) is 4.90 Å². The first kappa shape index (κ1) is 26.1. The fourth-order valence-electron chi connectivity index (χ4n) is 3.23. The van der Waals surface area contributed by atoms with E-state index in [0.29, 0.717) is 19.5 Å². The number of hydrogen-bond acceptors (Lipinski definition) is 4. The molecule has 0 atom stereocenters. The molecule has 0 aliphatic carbocycles. The Kier molecular flexibility index (Phi) is 20.7. The molecule has 0 rings (SSSR count). The Morgan fingerprint density at radius 1 is 0.630 bits per heavy atom. The third kappa shape index (κ3) is 21.2.